The molecule has 0 amide bonds. The molecule has 1 rings (SSSR count). The predicted octanol–water partition coefficient (Wildman–Crippen LogP) is -0.238. The first-order chi connectivity index (χ1) is 6.36. The molecule has 0 aromatic carbocycles. The molecule has 4 heteroatoms. The first-order valence-corrected chi connectivity index (χ1v) is 4.81. The molecule has 1 saturated carbocycles. The van der Waals surface area contributed by atoms with Gasteiger partial charge >= 0.3 is 0 Å². The van der Waals surface area contributed by atoms with Crippen LogP contribution >= 0.6 is 0 Å². The lowest BCUT2D eigenvalue weighted by Gasteiger charge is -2.34. The van der Waals surface area contributed by atoms with Crippen LogP contribution in [0.4, 0.5) is 0 Å². The Labute approximate surface area is 79.2 Å². The van der Waals surface area contributed by atoms with E-state index in [1.54, 1.807) is 7.11 Å². The number of hydrogen-bond acceptors (Lipinski definition) is 4. The second kappa shape index (κ2) is 6.32. The van der Waals surface area contributed by atoms with Crippen LogP contribution in [0.25, 0.3) is 0 Å². The fraction of sp³-hybridized carbons (Fsp3) is 1.00. The van der Waals surface area contributed by atoms with E-state index >= 15 is 0 Å². The van der Waals surface area contributed by atoms with E-state index in [1.165, 1.54) is 0 Å². The summed E-state index contributed by atoms with van der Waals surface area (Å²) in [6.07, 6.45) is 2.67. The maximum absolute atomic E-state index is 8.44. The summed E-state index contributed by atoms with van der Waals surface area (Å²) >= 11 is 0. The van der Waals surface area contributed by atoms with Gasteiger partial charge < -0.3 is 19.9 Å². The van der Waals surface area contributed by atoms with Crippen LogP contribution < -0.4 is 5.32 Å². The summed E-state index contributed by atoms with van der Waals surface area (Å²) in [6.45, 7) is 2.08. The number of ether oxygens (including phenoxy) is 2. The second-order valence-electron chi connectivity index (χ2n) is 3.32. The first-order valence-electron chi connectivity index (χ1n) is 4.81. The molecule has 1 aliphatic rings. The molecular formula is C9H19NO3. The van der Waals surface area contributed by atoms with E-state index < -0.39 is 0 Å². The molecule has 0 radical (unpaired) electrons. The zero-order chi connectivity index (χ0) is 9.52. The Morgan fingerprint density at radius 2 is 2.15 bits per heavy atom. The topological polar surface area (TPSA) is 50.7 Å². The van der Waals surface area contributed by atoms with Gasteiger partial charge in [-0.2, -0.15) is 0 Å². The Hall–Kier alpha value is -0.160. The van der Waals surface area contributed by atoms with Crippen LogP contribution in [-0.2, 0) is 9.47 Å². The highest BCUT2D eigenvalue weighted by Crippen LogP contribution is 2.21. The van der Waals surface area contributed by atoms with Gasteiger partial charge in [0.05, 0.1) is 25.9 Å². The number of aliphatic hydroxyl groups is 1. The van der Waals surface area contributed by atoms with Gasteiger partial charge in [0.1, 0.15) is 0 Å². The smallest absolute Gasteiger partial charge is 0.0698 e. The van der Waals surface area contributed by atoms with Crippen molar-refractivity contribution in [3.63, 3.8) is 0 Å². The van der Waals surface area contributed by atoms with Crippen LogP contribution in [0.5, 0.6) is 0 Å². The number of hydrogen-bond donors (Lipinski definition) is 2. The van der Waals surface area contributed by atoms with Crippen molar-refractivity contribution in [1.29, 1.82) is 0 Å². The van der Waals surface area contributed by atoms with Gasteiger partial charge in [-0.25, -0.2) is 0 Å². The zero-order valence-corrected chi connectivity index (χ0v) is 8.16. The summed E-state index contributed by atoms with van der Waals surface area (Å²) in [5.74, 6) is 0. The molecule has 1 fully saturated rings. The minimum Gasteiger partial charge on any atom is -0.394 e. The van der Waals surface area contributed by atoms with Crippen LogP contribution in [0.1, 0.15) is 12.8 Å². The molecule has 0 aromatic rings. The highest BCUT2D eigenvalue weighted by atomic mass is 16.5. The van der Waals surface area contributed by atoms with Crippen molar-refractivity contribution in [3.8, 4) is 0 Å². The summed E-state index contributed by atoms with van der Waals surface area (Å²) in [6, 6.07) is 0.600. The van der Waals surface area contributed by atoms with Gasteiger partial charge in [0.15, 0.2) is 0 Å². The van der Waals surface area contributed by atoms with Crippen LogP contribution in [0.15, 0.2) is 0 Å². The number of aliphatic hydroxyl groups excluding tert-OH is 1. The lowest BCUT2D eigenvalue weighted by molar-refractivity contribution is 0.0141. The summed E-state index contributed by atoms with van der Waals surface area (Å²) in [7, 11) is 1.76. The molecule has 0 atom stereocenters. The van der Waals surface area contributed by atoms with Crippen molar-refractivity contribution in [2.24, 2.45) is 0 Å². The molecule has 4 nitrogen and oxygen atoms in total. The van der Waals surface area contributed by atoms with Crippen LogP contribution in [0.3, 0.4) is 0 Å². The largest absolute Gasteiger partial charge is 0.394 e. The van der Waals surface area contributed by atoms with E-state index in [2.05, 4.69) is 5.32 Å². The SMILES string of the molecule is COC1CC(NCCOCCO)C1. The van der Waals surface area contributed by atoms with Crippen molar-refractivity contribution >= 4 is 0 Å². The number of methoxy groups -OCH3 is 1. The Morgan fingerprint density at radius 3 is 2.77 bits per heavy atom. The average molecular weight is 189 g/mol. The first kappa shape index (κ1) is 10.9. The van der Waals surface area contributed by atoms with E-state index in [1.807, 2.05) is 0 Å². The van der Waals surface area contributed by atoms with E-state index in [9.17, 15) is 0 Å². The van der Waals surface area contributed by atoms with Gasteiger partial charge in [-0.1, -0.05) is 0 Å². The van der Waals surface area contributed by atoms with E-state index in [0.29, 0.717) is 25.4 Å². The molecule has 0 spiro atoms. The van der Waals surface area contributed by atoms with Gasteiger partial charge in [-0.15, -0.1) is 0 Å². The van der Waals surface area contributed by atoms with Crippen molar-refractivity contribution in [1.82, 2.24) is 5.32 Å². The molecular weight excluding hydrogens is 170 g/mol. The van der Waals surface area contributed by atoms with Gasteiger partial charge in [0.2, 0.25) is 0 Å². The molecule has 0 bridgehead atoms. The van der Waals surface area contributed by atoms with Crippen molar-refractivity contribution in [3.05, 3.63) is 0 Å². The predicted molar refractivity (Wildman–Crippen MR) is 49.7 cm³/mol. The molecule has 78 valence electrons. The quantitative estimate of drug-likeness (QED) is 0.543. The number of nitrogens with one attached hydrogen (secondary N) is 1. The highest BCUT2D eigenvalue weighted by Gasteiger charge is 2.27. The van der Waals surface area contributed by atoms with Crippen LogP contribution in [0, 0.1) is 0 Å². The molecule has 0 aliphatic heterocycles. The van der Waals surface area contributed by atoms with Crippen LogP contribution in [-0.4, -0.2) is 50.7 Å². The fourth-order valence-electron chi connectivity index (χ4n) is 1.43. The maximum Gasteiger partial charge on any atom is 0.0698 e. The monoisotopic (exact) mass is 189 g/mol. The minimum absolute atomic E-state index is 0.106. The van der Waals surface area contributed by atoms with E-state index in [4.69, 9.17) is 14.6 Å². The summed E-state index contributed by atoms with van der Waals surface area (Å²) in [4.78, 5) is 0. The zero-order valence-electron chi connectivity index (χ0n) is 8.16. The normalized spacial score (nSPS) is 27.2. The third kappa shape index (κ3) is 4.04. The molecule has 0 aromatic heterocycles. The average Bonchev–Trinajstić information content (AvgIpc) is 2.08. The Bertz CT molecular complexity index is 126. The lowest BCUT2D eigenvalue weighted by atomic mass is 9.89. The molecule has 13 heavy (non-hydrogen) atoms. The summed E-state index contributed by atoms with van der Waals surface area (Å²) in [5, 5.41) is 11.8. The molecule has 1 aliphatic carbocycles. The second-order valence-corrected chi connectivity index (χ2v) is 3.32. The lowest BCUT2D eigenvalue weighted by Crippen LogP contribution is -2.46. The van der Waals surface area contributed by atoms with Crippen LogP contribution in [0.2, 0.25) is 0 Å². The Kier molecular flexibility index (Phi) is 5.31. The van der Waals surface area contributed by atoms with Gasteiger partial charge in [-0.3, -0.25) is 0 Å². The Morgan fingerprint density at radius 1 is 1.38 bits per heavy atom. The van der Waals surface area contributed by atoms with E-state index in [-0.39, 0.29) is 6.61 Å². The van der Waals surface area contributed by atoms with Crippen molar-refractivity contribution < 1.29 is 14.6 Å². The maximum atomic E-state index is 8.44. The third-order valence-electron chi connectivity index (χ3n) is 2.34. The molecule has 0 heterocycles. The molecule has 2 N–H and O–H groups in total. The fourth-order valence-corrected chi connectivity index (χ4v) is 1.43. The Balaban J connectivity index is 1.80. The highest BCUT2D eigenvalue weighted by molar-refractivity contribution is 4.85. The van der Waals surface area contributed by atoms with E-state index in [0.717, 1.165) is 19.4 Å². The summed E-state index contributed by atoms with van der Waals surface area (Å²) < 4.78 is 10.3. The van der Waals surface area contributed by atoms with Gasteiger partial charge in [0.25, 0.3) is 0 Å². The van der Waals surface area contributed by atoms with Crippen molar-refractivity contribution in [2.75, 3.05) is 33.5 Å². The van der Waals surface area contributed by atoms with Gasteiger partial charge in [0, 0.05) is 19.7 Å². The van der Waals surface area contributed by atoms with Gasteiger partial charge in [-0.05, 0) is 12.8 Å². The standard InChI is InChI=1S/C9H19NO3/c1-12-9-6-8(7-9)10-2-4-13-5-3-11/h8-11H,2-7H2,1H3. The number of rotatable bonds is 7. The third-order valence-corrected chi connectivity index (χ3v) is 2.34. The minimum atomic E-state index is 0.106. The molecule has 0 unspecified atom stereocenters. The molecule has 0 saturated heterocycles. The summed E-state index contributed by atoms with van der Waals surface area (Å²) in [5.41, 5.74) is 0. The van der Waals surface area contributed by atoms with Crippen molar-refractivity contribution in [2.45, 2.75) is 25.0 Å².